The summed E-state index contributed by atoms with van der Waals surface area (Å²) < 4.78 is 61.8. The van der Waals surface area contributed by atoms with Gasteiger partial charge in [0.05, 0.1) is 12.6 Å². The molecule has 4 rings (SSSR count). The molecule has 188 valence electrons. The van der Waals surface area contributed by atoms with Gasteiger partial charge in [0.2, 0.25) is 0 Å². The van der Waals surface area contributed by atoms with Gasteiger partial charge in [-0.3, -0.25) is 4.79 Å². The number of hydrogen-bond acceptors (Lipinski definition) is 7. The van der Waals surface area contributed by atoms with Crippen LogP contribution in [-0.2, 0) is 0 Å². The molecule has 36 heavy (non-hydrogen) atoms. The number of alkyl halides is 3. The van der Waals surface area contributed by atoms with E-state index in [-0.39, 0.29) is 34.6 Å². The number of nitrogens with zero attached hydrogens (tertiary/aromatic N) is 4. The lowest BCUT2D eigenvalue weighted by Gasteiger charge is -2.29. The standard InChI is InChI=1S/C23H20F4N6O3/c24-17-10-16(6-7-18(17)36-23(25,26)27)35-15-5-1-3-13(9-15)20-19(22(30)34)21(29)33(31-20)14-4-2-8-32(11-14)12-28/h1,3,5-7,9-10,14H,2,4,8,11,29H2,(H2,30,34). The van der Waals surface area contributed by atoms with Crippen LogP contribution in [0.3, 0.4) is 0 Å². The number of benzene rings is 2. The number of ether oxygens (including phenoxy) is 2. The van der Waals surface area contributed by atoms with E-state index in [0.717, 1.165) is 24.6 Å². The first kappa shape index (κ1) is 24.6. The molecule has 0 radical (unpaired) electrons. The lowest BCUT2D eigenvalue weighted by molar-refractivity contribution is -0.275. The molecular formula is C23H20F4N6O3. The monoisotopic (exact) mass is 504 g/mol. The number of carbonyl (C=O) groups excluding carboxylic acids is 1. The summed E-state index contributed by atoms with van der Waals surface area (Å²) in [5, 5.41) is 13.7. The smallest absolute Gasteiger partial charge is 0.457 e. The van der Waals surface area contributed by atoms with Crippen molar-refractivity contribution in [3.05, 3.63) is 53.8 Å². The lowest BCUT2D eigenvalue weighted by Crippen LogP contribution is -2.34. The number of rotatable bonds is 6. The predicted molar refractivity (Wildman–Crippen MR) is 119 cm³/mol. The number of aromatic nitrogens is 2. The van der Waals surface area contributed by atoms with Crippen LogP contribution >= 0.6 is 0 Å². The summed E-state index contributed by atoms with van der Waals surface area (Å²) in [6, 6.07) is 8.66. The summed E-state index contributed by atoms with van der Waals surface area (Å²) in [6.45, 7) is 0.996. The molecule has 1 aromatic heterocycles. The molecule has 1 amide bonds. The summed E-state index contributed by atoms with van der Waals surface area (Å²) in [7, 11) is 0. The van der Waals surface area contributed by atoms with Gasteiger partial charge in [-0.1, -0.05) is 12.1 Å². The van der Waals surface area contributed by atoms with Crippen molar-refractivity contribution in [2.24, 2.45) is 5.73 Å². The Hall–Kier alpha value is -4.47. The van der Waals surface area contributed by atoms with Crippen molar-refractivity contribution in [3.8, 4) is 34.7 Å². The van der Waals surface area contributed by atoms with Crippen LogP contribution in [0.5, 0.6) is 17.2 Å². The Balaban J connectivity index is 1.63. The van der Waals surface area contributed by atoms with Crippen LogP contribution in [0.2, 0.25) is 0 Å². The third kappa shape index (κ3) is 5.27. The summed E-state index contributed by atoms with van der Waals surface area (Å²) >= 11 is 0. The van der Waals surface area contributed by atoms with Gasteiger partial charge in [-0.25, -0.2) is 9.07 Å². The van der Waals surface area contributed by atoms with Gasteiger partial charge < -0.3 is 25.8 Å². The Labute approximate surface area is 202 Å². The second-order valence-electron chi connectivity index (χ2n) is 8.03. The van der Waals surface area contributed by atoms with E-state index in [9.17, 15) is 27.6 Å². The molecule has 1 aliphatic heterocycles. The number of nitrogen functional groups attached to an aromatic ring is 1. The van der Waals surface area contributed by atoms with E-state index in [1.54, 1.807) is 17.0 Å². The maximum Gasteiger partial charge on any atom is 0.573 e. The SMILES string of the molecule is N#CN1CCCC(n2nc(-c3cccc(Oc4ccc(OC(F)(F)F)c(F)c4)c3)c(C(N)=O)c2N)C1. The summed E-state index contributed by atoms with van der Waals surface area (Å²) in [4.78, 5) is 13.8. The van der Waals surface area contributed by atoms with Crippen molar-refractivity contribution in [3.63, 3.8) is 0 Å². The number of carbonyl (C=O) groups is 1. The Morgan fingerprint density at radius 3 is 2.61 bits per heavy atom. The van der Waals surface area contributed by atoms with Gasteiger partial charge in [0.25, 0.3) is 5.91 Å². The molecule has 0 spiro atoms. The minimum atomic E-state index is -5.04. The van der Waals surface area contributed by atoms with Crippen LogP contribution in [0.25, 0.3) is 11.3 Å². The second-order valence-corrected chi connectivity index (χ2v) is 8.03. The largest absolute Gasteiger partial charge is 0.573 e. The van der Waals surface area contributed by atoms with Crippen LogP contribution in [0, 0.1) is 17.3 Å². The Bertz CT molecular complexity index is 1330. The van der Waals surface area contributed by atoms with E-state index in [1.807, 2.05) is 0 Å². The predicted octanol–water partition coefficient (Wildman–Crippen LogP) is 4.18. The van der Waals surface area contributed by atoms with Crippen LogP contribution in [0.4, 0.5) is 23.4 Å². The van der Waals surface area contributed by atoms with Crippen LogP contribution in [-0.4, -0.2) is 40.0 Å². The topological polar surface area (TPSA) is 132 Å². The third-order valence-electron chi connectivity index (χ3n) is 5.55. The number of nitrogens with two attached hydrogens (primary N) is 2. The molecule has 3 aromatic rings. The number of primary amides is 1. The summed E-state index contributed by atoms with van der Waals surface area (Å²) in [5.41, 5.74) is 12.4. The van der Waals surface area contributed by atoms with Crippen molar-refractivity contribution in [2.75, 3.05) is 18.8 Å². The van der Waals surface area contributed by atoms with E-state index in [2.05, 4.69) is 16.0 Å². The molecule has 0 bridgehead atoms. The molecule has 2 heterocycles. The number of hydrogen-bond donors (Lipinski definition) is 2. The van der Waals surface area contributed by atoms with Crippen molar-refractivity contribution in [1.82, 2.24) is 14.7 Å². The molecule has 1 aliphatic rings. The van der Waals surface area contributed by atoms with Crippen molar-refractivity contribution in [2.45, 2.75) is 25.2 Å². The highest BCUT2D eigenvalue weighted by Gasteiger charge is 2.32. The van der Waals surface area contributed by atoms with E-state index in [1.165, 1.54) is 16.8 Å². The fourth-order valence-electron chi connectivity index (χ4n) is 4.01. The van der Waals surface area contributed by atoms with E-state index >= 15 is 0 Å². The van der Waals surface area contributed by atoms with Gasteiger partial charge in [0, 0.05) is 18.2 Å². The number of piperidine rings is 1. The summed E-state index contributed by atoms with van der Waals surface area (Å²) in [6.07, 6.45) is -1.49. The zero-order chi connectivity index (χ0) is 26.0. The minimum Gasteiger partial charge on any atom is -0.457 e. The number of nitriles is 1. The highest BCUT2D eigenvalue weighted by atomic mass is 19.4. The quantitative estimate of drug-likeness (QED) is 0.380. The molecule has 4 N–H and O–H groups in total. The molecule has 1 unspecified atom stereocenters. The molecule has 13 heteroatoms. The van der Waals surface area contributed by atoms with E-state index in [4.69, 9.17) is 16.2 Å². The fraction of sp³-hybridized carbons (Fsp3) is 0.261. The molecule has 1 fully saturated rings. The molecule has 9 nitrogen and oxygen atoms in total. The maximum atomic E-state index is 14.0. The Morgan fingerprint density at radius 1 is 1.19 bits per heavy atom. The lowest BCUT2D eigenvalue weighted by atomic mass is 10.1. The van der Waals surface area contributed by atoms with Crippen LogP contribution < -0.4 is 20.9 Å². The average Bonchev–Trinajstić information content (AvgIpc) is 3.18. The number of likely N-dealkylation sites (tertiary alicyclic amines) is 1. The van der Waals surface area contributed by atoms with Gasteiger partial charge in [-0.05, 0) is 37.1 Å². The molecule has 0 aliphatic carbocycles. The minimum absolute atomic E-state index is 0.000859. The second kappa shape index (κ2) is 9.65. The highest BCUT2D eigenvalue weighted by Crippen LogP contribution is 2.35. The first-order valence-electron chi connectivity index (χ1n) is 10.7. The van der Waals surface area contributed by atoms with Crippen LogP contribution in [0.1, 0.15) is 29.2 Å². The number of halogens is 4. The normalized spacial score (nSPS) is 15.9. The zero-order valence-electron chi connectivity index (χ0n) is 18.6. The van der Waals surface area contributed by atoms with E-state index in [0.29, 0.717) is 25.1 Å². The molecule has 1 saturated heterocycles. The van der Waals surface area contributed by atoms with Crippen LogP contribution in [0.15, 0.2) is 42.5 Å². The third-order valence-corrected chi connectivity index (χ3v) is 5.55. The van der Waals surface area contributed by atoms with Gasteiger partial charge in [-0.15, -0.1) is 13.2 Å². The molecule has 2 aromatic carbocycles. The van der Waals surface area contributed by atoms with Gasteiger partial charge in [0.1, 0.15) is 28.6 Å². The van der Waals surface area contributed by atoms with Crippen molar-refractivity contribution in [1.29, 1.82) is 5.26 Å². The Kier molecular flexibility index (Phi) is 6.61. The highest BCUT2D eigenvalue weighted by molar-refractivity contribution is 6.03. The first-order valence-corrected chi connectivity index (χ1v) is 10.7. The molecule has 1 atom stereocenters. The van der Waals surface area contributed by atoms with Gasteiger partial charge >= 0.3 is 6.36 Å². The van der Waals surface area contributed by atoms with Gasteiger partial charge in [0.15, 0.2) is 17.8 Å². The number of amides is 1. The maximum absolute atomic E-state index is 14.0. The van der Waals surface area contributed by atoms with E-state index < -0.39 is 23.8 Å². The first-order chi connectivity index (χ1) is 17.1. The number of anilines is 1. The van der Waals surface area contributed by atoms with Gasteiger partial charge in [-0.2, -0.15) is 10.4 Å². The average molecular weight is 504 g/mol. The zero-order valence-corrected chi connectivity index (χ0v) is 18.6. The summed E-state index contributed by atoms with van der Waals surface area (Å²) in [5.74, 6) is -2.88. The molecule has 0 saturated carbocycles. The Morgan fingerprint density at radius 2 is 1.94 bits per heavy atom. The van der Waals surface area contributed by atoms with Crippen molar-refractivity contribution < 1.29 is 31.8 Å². The fourth-order valence-corrected chi connectivity index (χ4v) is 4.01. The molecular weight excluding hydrogens is 484 g/mol. The van der Waals surface area contributed by atoms with Crippen molar-refractivity contribution >= 4 is 11.7 Å².